The van der Waals surface area contributed by atoms with Crippen molar-refractivity contribution in [2.75, 3.05) is 6.61 Å². The zero-order valence-corrected chi connectivity index (χ0v) is 19.0. The maximum Gasteiger partial charge on any atom is 0.133 e. The van der Waals surface area contributed by atoms with Crippen molar-refractivity contribution in [1.82, 2.24) is 0 Å². The smallest absolute Gasteiger partial charge is 0.133 e. The molecule has 0 N–H and O–H groups in total. The van der Waals surface area contributed by atoms with Crippen LogP contribution in [-0.2, 0) is 0 Å². The molecule has 8 aliphatic carbocycles. The Balaban J connectivity index is 1.37. The van der Waals surface area contributed by atoms with Gasteiger partial charge in [-0.3, -0.25) is 0 Å². The molecule has 0 atom stereocenters. The Morgan fingerprint density at radius 1 is 0.793 bits per heavy atom. The predicted molar refractivity (Wildman–Crippen MR) is 119 cm³/mol. The van der Waals surface area contributed by atoms with Crippen molar-refractivity contribution >= 4 is 11.3 Å². The maximum atomic E-state index is 6.29. The third kappa shape index (κ3) is 2.63. The molecule has 8 aliphatic rings. The second-order valence-electron chi connectivity index (χ2n) is 12.6. The lowest BCUT2D eigenvalue weighted by Crippen LogP contribution is -2.57. The normalized spacial score (nSPS) is 50.2. The Kier molecular flexibility index (Phi) is 3.91. The van der Waals surface area contributed by atoms with Gasteiger partial charge in [-0.15, -0.1) is 11.3 Å². The van der Waals surface area contributed by atoms with E-state index in [2.05, 4.69) is 29.7 Å². The molecule has 8 bridgehead atoms. The van der Waals surface area contributed by atoms with E-state index in [4.69, 9.17) is 4.74 Å². The van der Waals surface area contributed by atoms with Gasteiger partial charge in [0.25, 0.3) is 0 Å². The average Bonchev–Trinajstić information content (AvgIpc) is 3.07. The second-order valence-corrected chi connectivity index (χ2v) is 13.5. The maximum absolute atomic E-state index is 6.29. The van der Waals surface area contributed by atoms with Crippen LogP contribution in [0, 0.1) is 46.3 Å². The molecule has 158 valence electrons. The third-order valence-corrected chi connectivity index (χ3v) is 11.6. The van der Waals surface area contributed by atoms with Crippen LogP contribution >= 0.6 is 11.3 Å². The van der Waals surface area contributed by atoms with Crippen LogP contribution in [0.4, 0.5) is 0 Å². The molecule has 0 aromatic carbocycles. The van der Waals surface area contributed by atoms with E-state index in [1.54, 1.807) is 81.9 Å². The van der Waals surface area contributed by atoms with Crippen LogP contribution in [0.2, 0.25) is 0 Å². The summed E-state index contributed by atoms with van der Waals surface area (Å²) in [6.07, 6.45) is 18.7. The van der Waals surface area contributed by atoms with Crippen LogP contribution in [0.15, 0.2) is 11.4 Å². The van der Waals surface area contributed by atoms with Crippen LogP contribution < -0.4 is 4.74 Å². The van der Waals surface area contributed by atoms with E-state index in [9.17, 15) is 0 Å². The fourth-order valence-corrected chi connectivity index (χ4v) is 12.3. The highest BCUT2D eigenvalue weighted by Gasteiger charge is 2.63. The van der Waals surface area contributed by atoms with Gasteiger partial charge in [-0.1, -0.05) is 0 Å². The first kappa shape index (κ1) is 18.1. The Hall–Kier alpha value is -0.500. The van der Waals surface area contributed by atoms with Crippen LogP contribution in [0.5, 0.6) is 5.75 Å². The largest absolute Gasteiger partial charge is 0.493 e. The summed E-state index contributed by atoms with van der Waals surface area (Å²) in [4.78, 5) is 1.69. The first-order chi connectivity index (χ1) is 14.1. The van der Waals surface area contributed by atoms with Crippen molar-refractivity contribution < 1.29 is 4.74 Å². The van der Waals surface area contributed by atoms with E-state index >= 15 is 0 Å². The standard InChI is InChI=1S/C27H38OS/c1-2-28-23-3-4-29-24(23)25(26-11-17-5-18(12-26)7-19(6-17)13-26)27-14-20-8-21(15-27)10-22(9-20)16-27/h3-4,17-22,25H,2,5-16H2,1H3. The first-order valence-corrected chi connectivity index (χ1v) is 13.7. The van der Waals surface area contributed by atoms with E-state index in [1.807, 2.05) is 0 Å². The summed E-state index contributed by atoms with van der Waals surface area (Å²) in [5.74, 6) is 8.37. The minimum Gasteiger partial charge on any atom is -0.493 e. The Morgan fingerprint density at radius 3 is 1.59 bits per heavy atom. The summed E-state index contributed by atoms with van der Waals surface area (Å²) < 4.78 is 6.29. The Bertz CT molecular complexity index is 676. The average molecular weight is 411 g/mol. The summed E-state index contributed by atoms with van der Waals surface area (Å²) in [7, 11) is 0. The van der Waals surface area contributed by atoms with Gasteiger partial charge < -0.3 is 4.74 Å². The third-order valence-electron chi connectivity index (χ3n) is 10.6. The van der Waals surface area contributed by atoms with Crippen LogP contribution in [0.3, 0.4) is 0 Å². The number of hydrogen-bond donors (Lipinski definition) is 0. The van der Waals surface area contributed by atoms with Gasteiger partial charge in [-0.05, 0) is 142 Å². The molecule has 8 saturated carbocycles. The molecule has 0 amide bonds. The summed E-state index contributed by atoms with van der Waals surface area (Å²) in [6.45, 7) is 2.99. The van der Waals surface area contributed by atoms with Gasteiger partial charge in [-0.25, -0.2) is 0 Å². The second kappa shape index (κ2) is 6.27. The molecular formula is C27H38OS. The highest BCUT2D eigenvalue weighted by molar-refractivity contribution is 7.10. The molecule has 1 nitrogen and oxygen atoms in total. The van der Waals surface area contributed by atoms with Crippen molar-refractivity contribution in [3.05, 3.63) is 16.3 Å². The monoisotopic (exact) mass is 410 g/mol. The van der Waals surface area contributed by atoms with E-state index in [-0.39, 0.29) is 0 Å². The van der Waals surface area contributed by atoms with Gasteiger partial charge in [-0.2, -0.15) is 0 Å². The summed E-state index contributed by atoms with van der Waals surface area (Å²) in [5, 5.41) is 2.36. The zero-order chi connectivity index (χ0) is 19.2. The molecule has 2 heteroatoms. The quantitative estimate of drug-likeness (QED) is 0.484. The predicted octanol–water partition coefficient (Wildman–Crippen LogP) is 7.66. The van der Waals surface area contributed by atoms with Gasteiger partial charge in [0.05, 0.1) is 11.5 Å². The highest BCUT2D eigenvalue weighted by atomic mass is 32.1. The Labute approximate surface area is 181 Å². The number of rotatable bonds is 5. The molecule has 29 heavy (non-hydrogen) atoms. The first-order valence-electron chi connectivity index (χ1n) is 12.8. The van der Waals surface area contributed by atoms with Crippen molar-refractivity contribution in [3.8, 4) is 5.75 Å². The number of thiophene rings is 1. The van der Waals surface area contributed by atoms with Gasteiger partial charge in [0.1, 0.15) is 5.75 Å². The van der Waals surface area contributed by atoms with Crippen LogP contribution in [0.1, 0.15) is 94.8 Å². The van der Waals surface area contributed by atoms with E-state index in [0.717, 1.165) is 48.0 Å². The zero-order valence-electron chi connectivity index (χ0n) is 18.2. The van der Waals surface area contributed by atoms with Gasteiger partial charge in [0, 0.05) is 5.92 Å². The molecule has 0 unspecified atom stereocenters. The highest BCUT2D eigenvalue weighted by Crippen LogP contribution is 2.74. The van der Waals surface area contributed by atoms with Crippen molar-refractivity contribution in [1.29, 1.82) is 0 Å². The molecule has 1 heterocycles. The van der Waals surface area contributed by atoms with Crippen molar-refractivity contribution in [2.24, 2.45) is 46.3 Å². The van der Waals surface area contributed by atoms with Crippen molar-refractivity contribution in [3.63, 3.8) is 0 Å². The SMILES string of the molecule is CCOc1ccsc1C(C12CC3CC(CC(C3)C1)C2)C12CC3CC(CC(C3)C1)C2. The lowest BCUT2D eigenvalue weighted by molar-refractivity contribution is -0.143. The van der Waals surface area contributed by atoms with Crippen LogP contribution in [0.25, 0.3) is 0 Å². The van der Waals surface area contributed by atoms with E-state index in [0.29, 0.717) is 10.8 Å². The molecular weight excluding hydrogens is 372 g/mol. The fraction of sp³-hybridized carbons (Fsp3) is 0.852. The topological polar surface area (TPSA) is 9.23 Å². The molecule has 1 aromatic rings. The molecule has 8 fully saturated rings. The van der Waals surface area contributed by atoms with E-state index in [1.165, 1.54) is 5.75 Å². The molecule has 0 aliphatic heterocycles. The minimum atomic E-state index is 0.608. The lowest BCUT2D eigenvalue weighted by Gasteiger charge is -2.67. The summed E-state index contributed by atoms with van der Waals surface area (Å²) in [6, 6.07) is 2.32. The minimum absolute atomic E-state index is 0.608. The molecule has 0 radical (unpaired) electrons. The van der Waals surface area contributed by atoms with E-state index < -0.39 is 0 Å². The van der Waals surface area contributed by atoms with Gasteiger partial charge >= 0.3 is 0 Å². The van der Waals surface area contributed by atoms with Crippen molar-refractivity contribution in [2.45, 2.75) is 89.9 Å². The van der Waals surface area contributed by atoms with Crippen LogP contribution in [-0.4, -0.2) is 6.61 Å². The molecule has 0 saturated heterocycles. The lowest BCUT2D eigenvalue weighted by atomic mass is 9.38. The number of ether oxygens (including phenoxy) is 1. The van der Waals surface area contributed by atoms with Gasteiger partial charge in [0.2, 0.25) is 0 Å². The number of hydrogen-bond acceptors (Lipinski definition) is 2. The Morgan fingerprint density at radius 2 is 1.21 bits per heavy atom. The summed E-state index contributed by atoms with van der Waals surface area (Å²) >= 11 is 2.07. The van der Waals surface area contributed by atoms with Gasteiger partial charge in [0.15, 0.2) is 0 Å². The fourth-order valence-electron chi connectivity index (χ4n) is 11.1. The molecule has 9 rings (SSSR count). The molecule has 1 aromatic heterocycles. The molecule has 0 spiro atoms. The summed E-state index contributed by atoms with van der Waals surface area (Å²) in [5.41, 5.74) is 1.22.